The topological polar surface area (TPSA) is 48.0 Å². The van der Waals surface area contributed by atoms with E-state index in [-0.39, 0.29) is 25.3 Å². The van der Waals surface area contributed by atoms with Gasteiger partial charge in [0.15, 0.2) is 0 Å². The standard InChI is InChI=1S/C24H28BF4NO4/c1-6-30(21(31)32-15-16-7-10-19(26)11-8-16)14-17-13-18(24(27,28)29)9-12-20(17)25-33-22(2,3)23(4,5)34-25/h7-13H,6,14-15H2,1-5H3. The SMILES string of the molecule is CCN(Cc1cc(C(F)(F)F)ccc1B1OC(C)(C)C(C)(C)O1)C(=O)OCc1ccc(F)cc1. The van der Waals surface area contributed by atoms with Crippen LogP contribution in [-0.2, 0) is 33.4 Å². The Morgan fingerprint density at radius 2 is 1.62 bits per heavy atom. The molecule has 0 unspecified atom stereocenters. The third-order valence-electron chi connectivity index (χ3n) is 6.25. The van der Waals surface area contributed by atoms with E-state index < -0.39 is 42.0 Å². The molecule has 0 spiro atoms. The van der Waals surface area contributed by atoms with E-state index in [9.17, 15) is 22.4 Å². The molecular formula is C24H28BF4NO4. The highest BCUT2D eigenvalue weighted by Gasteiger charge is 2.52. The van der Waals surface area contributed by atoms with Gasteiger partial charge in [-0.2, -0.15) is 13.2 Å². The molecule has 10 heteroatoms. The molecule has 0 atom stereocenters. The summed E-state index contributed by atoms with van der Waals surface area (Å²) in [5.41, 5.74) is -0.960. The minimum absolute atomic E-state index is 0.0950. The highest BCUT2D eigenvalue weighted by Crippen LogP contribution is 2.37. The zero-order chi connectivity index (χ0) is 25.3. The monoisotopic (exact) mass is 481 g/mol. The van der Waals surface area contributed by atoms with E-state index in [2.05, 4.69) is 0 Å². The number of carbonyl (C=O) groups excluding carboxylic acids is 1. The maximum absolute atomic E-state index is 13.4. The highest BCUT2D eigenvalue weighted by molar-refractivity contribution is 6.62. The molecular weight excluding hydrogens is 453 g/mol. The maximum Gasteiger partial charge on any atom is 0.495 e. The molecule has 0 saturated carbocycles. The minimum Gasteiger partial charge on any atom is -0.445 e. The van der Waals surface area contributed by atoms with Crippen LogP contribution in [0.3, 0.4) is 0 Å². The summed E-state index contributed by atoms with van der Waals surface area (Å²) in [6.07, 6.45) is -5.26. The van der Waals surface area contributed by atoms with Gasteiger partial charge in [0.05, 0.1) is 16.8 Å². The number of rotatable bonds is 6. The quantitative estimate of drug-likeness (QED) is 0.415. The molecule has 1 fully saturated rings. The van der Waals surface area contributed by atoms with E-state index in [1.54, 1.807) is 6.92 Å². The van der Waals surface area contributed by atoms with Gasteiger partial charge in [-0.05, 0) is 69.4 Å². The number of ether oxygens (including phenoxy) is 1. The normalized spacial score (nSPS) is 17.0. The largest absolute Gasteiger partial charge is 0.495 e. The first-order valence-electron chi connectivity index (χ1n) is 11.0. The third kappa shape index (κ3) is 5.72. The van der Waals surface area contributed by atoms with Gasteiger partial charge in [-0.25, -0.2) is 9.18 Å². The van der Waals surface area contributed by atoms with Crippen molar-refractivity contribution in [3.8, 4) is 0 Å². The molecule has 0 N–H and O–H groups in total. The van der Waals surface area contributed by atoms with Crippen molar-refractivity contribution in [3.63, 3.8) is 0 Å². The molecule has 1 heterocycles. The minimum atomic E-state index is -4.55. The molecule has 1 amide bonds. The number of benzene rings is 2. The lowest BCUT2D eigenvalue weighted by Crippen LogP contribution is -2.41. The second-order valence-corrected chi connectivity index (χ2v) is 9.19. The van der Waals surface area contributed by atoms with Crippen molar-refractivity contribution in [1.29, 1.82) is 0 Å². The molecule has 34 heavy (non-hydrogen) atoms. The van der Waals surface area contributed by atoms with E-state index in [4.69, 9.17) is 14.0 Å². The Bertz CT molecular complexity index is 1010. The van der Waals surface area contributed by atoms with Gasteiger partial charge in [0.2, 0.25) is 0 Å². The van der Waals surface area contributed by atoms with Gasteiger partial charge in [-0.1, -0.05) is 24.3 Å². The van der Waals surface area contributed by atoms with Gasteiger partial charge < -0.3 is 18.9 Å². The van der Waals surface area contributed by atoms with Gasteiger partial charge in [-0.3, -0.25) is 0 Å². The number of halogens is 4. The molecule has 0 radical (unpaired) electrons. The Kier molecular flexibility index (Phi) is 7.33. The summed E-state index contributed by atoms with van der Waals surface area (Å²) < 4.78 is 70.8. The number of carbonyl (C=O) groups is 1. The molecule has 1 aliphatic heterocycles. The first-order valence-corrected chi connectivity index (χ1v) is 11.0. The van der Waals surface area contributed by atoms with Crippen LogP contribution in [0, 0.1) is 5.82 Å². The number of amides is 1. The van der Waals surface area contributed by atoms with Gasteiger partial charge in [0.1, 0.15) is 12.4 Å². The average molecular weight is 481 g/mol. The zero-order valence-electron chi connectivity index (χ0n) is 19.8. The Morgan fingerprint density at radius 1 is 1.03 bits per heavy atom. The second kappa shape index (κ2) is 9.58. The van der Waals surface area contributed by atoms with Crippen molar-refractivity contribution in [1.82, 2.24) is 4.90 Å². The lowest BCUT2D eigenvalue weighted by atomic mass is 9.75. The Labute approximate surface area is 197 Å². The molecule has 0 bridgehead atoms. The summed E-state index contributed by atoms with van der Waals surface area (Å²) in [6.45, 7) is 9.06. The molecule has 0 aromatic heterocycles. The van der Waals surface area contributed by atoms with Crippen molar-refractivity contribution in [2.45, 2.75) is 65.1 Å². The van der Waals surface area contributed by atoms with Crippen LogP contribution in [0.25, 0.3) is 0 Å². The van der Waals surface area contributed by atoms with Crippen molar-refractivity contribution < 1.29 is 36.4 Å². The van der Waals surface area contributed by atoms with Crippen molar-refractivity contribution in [2.24, 2.45) is 0 Å². The Morgan fingerprint density at radius 3 is 2.15 bits per heavy atom. The van der Waals surface area contributed by atoms with Crippen molar-refractivity contribution in [2.75, 3.05) is 6.54 Å². The van der Waals surface area contributed by atoms with Crippen LogP contribution in [-0.4, -0.2) is 35.9 Å². The zero-order valence-corrected chi connectivity index (χ0v) is 19.8. The number of nitrogens with zero attached hydrogens (tertiary/aromatic N) is 1. The molecule has 2 aromatic rings. The van der Waals surface area contributed by atoms with E-state index in [0.29, 0.717) is 11.0 Å². The van der Waals surface area contributed by atoms with E-state index in [1.165, 1.54) is 35.2 Å². The summed E-state index contributed by atoms with van der Waals surface area (Å²) in [5, 5.41) is 0. The fraction of sp³-hybridized carbons (Fsp3) is 0.458. The van der Waals surface area contributed by atoms with Crippen LogP contribution in [0.4, 0.5) is 22.4 Å². The van der Waals surface area contributed by atoms with E-state index >= 15 is 0 Å². The smallest absolute Gasteiger partial charge is 0.445 e. The summed E-state index contributed by atoms with van der Waals surface area (Å²) in [5.74, 6) is -0.412. The van der Waals surface area contributed by atoms with Crippen LogP contribution in [0.1, 0.15) is 51.3 Å². The van der Waals surface area contributed by atoms with Gasteiger partial charge in [0, 0.05) is 13.1 Å². The lowest BCUT2D eigenvalue weighted by Gasteiger charge is -2.32. The molecule has 3 rings (SSSR count). The summed E-state index contributed by atoms with van der Waals surface area (Å²) in [4.78, 5) is 14.0. The molecule has 2 aromatic carbocycles. The number of hydrogen-bond donors (Lipinski definition) is 0. The summed E-state index contributed by atoms with van der Waals surface area (Å²) in [6, 6.07) is 8.80. The fourth-order valence-electron chi connectivity index (χ4n) is 3.45. The number of hydrogen-bond acceptors (Lipinski definition) is 4. The van der Waals surface area contributed by atoms with Crippen LogP contribution in [0.15, 0.2) is 42.5 Å². The van der Waals surface area contributed by atoms with Crippen LogP contribution < -0.4 is 5.46 Å². The molecule has 184 valence electrons. The average Bonchev–Trinajstić information content (AvgIpc) is 2.97. The van der Waals surface area contributed by atoms with E-state index in [0.717, 1.165) is 12.1 Å². The molecule has 0 aliphatic carbocycles. The van der Waals surface area contributed by atoms with Crippen LogP contribution >= 0.6 is 0 Å². The first-order chi connectivity index (χ1) is 15.7. The summed E-state index contributed by atoms with van der Waals surface area (Å²) in [7, 11) is -0.892. The maximum atomic E-state index is 13.4. The second-order valence-electron chi connectivity index (χ2n) is 9.19. The van der Waals surface area contributed by atoms with E-state index in [1.807, 2.05) is 27.7 Å². The molecule has 5 nitrogen and oxygen atoms in total. The molecule has 1 saturated heterocycles. The number of alkyl halides is 3. The van der Waals surface area contributed by atoms with Gasteiger partial charge in [0.25, 0.3) is 0 Å². The van der Waals surface area contributed by atoms with Crippen LogP contribution in [0.5, 0.6) is 0 Å². The molecule has 1 aliphatic rings. The Hall–Kier alpha value is -2.59. The predicted octanol–water partition coefficient (Wildman–Crippen LogP) is 5.30. The third-order valence-corrected chi connectivity index (χ3v) is 6.25. The lowest BCUT2D eigenvalue weighted by molar-refractivity contribution is -0.137. The predicted molar refractivity (Wildman–Crippen MR) is 120 cm³/mol. The Balaban J connectivity index is 1.85. The highest BCUT2D eigenvalue weighted by atomic mass is 19.4. The van der Waals surface area contributed by atoms with Crippen LogP contribution in [0.2, 0.25) is 0 Å². The summed E-state index contributed by atoms with van der Waals surface area (Å²) >= 11 is 0. The van der Waals surface area contributed by atoms with Gasteiger partial charge >= 0.3 is 19.4 Å². The van der Waals surface area contributed by atoms with Crippen molar-refractivity contribution >= 4 is 18.7 Å². The van der Waals surface area contributed by atoms with Crippen molar-refractivity contribution in [3.05, 3.63) is 65.0 Å². The first kappa shape index (κ1) is 26.0. The van der Waals surface area contributed by atoms with Gasteiger partial charge in [-0.15, -0.1) is 0 Å². The fourth-order valence-corrected chi connectivity index (χ4v) is 3.45.